The number of nitrogens with two attached hydrogens (primary N) is 1. The van der Waals surface area contributed by atoms with E-state index in [0.717, 1.165) is 5.56 Å². The van der Waals surface area contributed by atoms with Crippen molar-refractivity contribution in [2.75, 3.05) is 6.54 Å². The van der Waals surface area contributed by atoms with Gasteiger partial charge in [0.15, 0.2) is 0 Å². The van der Waals surface area contributed by atoms with E-state index in [2.05, 4.69) is 15.9 Å². The van der Waals surface area contributed by atoms with Crippen LogP contribution < -0.4 is 5.73 Å². The van der Waals surface area contributed by atoms with Crippen LogP contribution in [0.2, 0.25) is 0 Å². The fourth-order valence-corrected chi connectivity index (χ4v) is 2.92. The molecule has 5 nitrogen and oxygen atoms in total. The van der Waals surface area contributed by atoms with Gasteiger partial charge >= 0.3 is 0 Å². The summed E-state index contributed by atoms with van der Waals surface area (Å²) in [6.45, 7) is 2.17. The Hall–Kier alpha value is -0.790. The van der Waals surface area contributed by atoms with E-state index in [4.69, 9.17) is 5.73 Å². The fourth-order valence-electron chi connectivity index (χ4n) is 1.17. The molecule has 0 heterocycles. The van der Waals surface area contributed by atoms with E-state index in [0.29, 0.717) is 16.8 Å². The smallest absolute Gasteiger partial charge is 0.270 e. The summed E-state index contributed by atoms with van der Waals surface area (Å²) >= 11 is 3.24. The lowest BCUT2D eigenvalue weighted by Crippen LogP contribution is -2.22. The molecule has 17 heavy (non-hydrogen) atoms. The third-order valence-electron chi connectivity index (χ3n) is 2.33. The molecule has 0 saturated carbocycles. The normalized spacial score (nSPS) is 14.3. The number of nitro groups is 1. The molecular weight excluding hydrogens is 308 g/mol. The minimum absolute atomic E-state index is 0.0123. The van der Waals surface area contributed by atoms with E-state index in [1.165, 1.54) is 12.1 Å². The second kappa shape index (κ2) is 6.23. The van der Waals surface area contributed by atoms with Gasteiger partial charge in [0.2, 0.25) is 0 Å². The van der Waals surface area contributed by atoms with Crippen LogP contribution in [-0.2, 0) is 16.6 Å². The van der Waals surface area contributed by atoms with E-state index >= 15 is 0 Å². The van der Waals surface area contributed by atoms with Crippen LogP contribution in [0, 0.1) is 10.1 Å². The Morgan fingerprint density at radius 2 is 2.24 bits per heavy atom. The highest BCUT2D eigenvalue weighted by atomic mass is 79.9. The summed E-state index contributed by atoms with van der Waals surface area (Å²) in [5.41, 5.74) is 6.23. The van der Waals surface area contributed by atoms with Crippen molar-refractivity contribution >= 4 is 32.4 Å². The van der Waals surface area contributed by atoms with Gasteiger partial charge in [-0.05, 0) is 12.5 Å². The molecular formula is C10H13BrN2O3S. The standard InChI is InChI=1S/C10H13BrN2O3S/c1-7(5-12)17(16)6-8-2-3-9(13(14)15)4-10(8)11/h2-4,7H,5-6,12H2,1H3. The highest BCUT2D eigenvalue weighted by Gasteiger charge is 2.14. The number of halogens is 1. The summed E-state index contributed by atoms with van der Waals surface area (Å²) in [5.74, 6) is 0.344. The number of nitrogens with zero attached hydrogens (tertiary/aromatic N) is 1. The second-order valence-corrected chi connectivity index (χ2v) is 6.31. The quantitative estimate of drug-likeness (QED) is 0.663. The summed E-state index contributed by atoms with van der Waals surface area (Å²) in [4.78, 5) is 10.1. The summed E-state index contributed by atoms with van der Waals surface area (Å²) in [5, 5.41) is 10.5. The van der Waals surface area contributed by atoms with Crippen LogP contribution in [0.1, 0.15) is 12.5 Å². The van der Waals surface area contributed by atoms with E-state index in [-0.39, 0.29) is 10.9 Å². The Kier molecular flexibility index (Phi) is 5.23. The van der Waals surface area contributed by atoms with Gasteiger partial charge in [0.05, 0.1) is 4.92 Å². The van der Waals surface area contributed by atoms with Gasteiger partial charge in [0.1, 0.15) is 0 Å². The summed E-state index contributed by atoms with van der Waals surface area (Å²) < 4.78 is 12.4. The maximum atomic E-state index is 11.8. The Morgan fingerprint density at radius 3 is 2.71 bits per heavy atom. The molecule has 2 N–H and O–H groups in total. The van der Waals surface area contributed by atoms with Crippen LogP contribution in [0.4, 0.5) is 5.69 Å². The summed E-state index contributed by atoms with van der Waals surface area (Å²) in [6.07, 6.45) is 0. The molecule has 0 aliphatic heterocycles. The lowest BCUT2D eigenvalue weighted by Gasteiger charge is -2.09. The molecule has 0 saturated heterocycles. The molecule has 0 bridgehead atoms. The first-order valence-corrected chi connectivity index (χ1v) is 7.13. The van der Waals surface area contributed by atoms with Gasteiger partial charge in [-0.1, -0.05) is 22.0 Å². The van der Waals surface area contributed by atoms with Gasteiger partial charge in [-0.25, -0.2) is 0 Å². The van der Waals surface area contributed by atoms with E-state index in [1.807, 2.05) is 6.92 Å². The van der Waals surface area contributed by atoms with Crippen LogP contribution in [0.25, 0.3) is 0 Å². The fraction of sp³-hybridized carbons (Fsp3) is 0.400. The van der Waals surface area contributed by atoms with Gasteiger partial charge in [-0.15, -0.1) is 0 Å². The van der Waals surface area contributed by atoms with Crippen molar-refractivity contribution in [2.45, 2.75) is 17.9 Å². The number of rotatable bonds is 5. The largest absolute Gasteiger partial charge is 0.329 e. The first-order chi connectivity index (χ1) is 7.95. The Labute approximate surface area is 110 Å². The molecule has 0 radical (unpaired) electrons. The van der Waals surface area contributed by atoms with Crippen molar-refractivity contribution in [3.05, 3.63) is 38.3 Å². The van der Waals surface area contributed by atoms with Gasteiger partial charge in [0, 0.05) is 45.0 Å². The molecule has 1 rings (SSSR count). The average Bonchev–Trinajstić information content (AvgIpc) is 2.30. The van der Waals surface area contributed by atoms with Crippen molar-refractivity contribution < 1.29 is 9.13 Å². The third-order valence-corrected chi connectivity index (χ3v) is 4.75. The van der Waals surface area contributed by atoms with Crippen molar-refractivity contribution in [1.82, 2.24) is 0 Å². The zero-order valence-electron chi connectivity index (χ0n) is 9.26. The van der Waals surface area contributed by atoms with Gasteiger partial charge in [-0.2, -0.15) is 0 Å². The molecule has 0 aliphatic carbocycles. The number of hydrogen-bond acceptors (Lipinski definition) is 4. The van der Waals surface area contributed by atoms with Crippen LogP contribution in [0.3, 0.4) is 0 Å². The Balaban J connectivity index is 2.86. The van der Waals surface area contributed by atoms with Gasteiger partial charge < -0.3 is 5.73 Å². The first-order valence-electron chi connectivity index (χ1n) is 4.95. The summed E-state index contributed by atoms with van der Waals surface area (Å²) in [7, 11) is -1.07. The van der Waals surface area contributed by atoms with E-state index < -0.39 is 15.7 Å². The number of non-ortho nitro benzene ring substituents is 1. The van der Waals surface area contributed by atoms with Gasteiger partial charge in [-0.3, -0.25) is 14.3 Å². The van der Waals surface area contributed by atoms with Crippen LogP contribution >= 0.6 is 15.9 Å². The van der Waals surface area contributed by atoms with Crippen LogP contribution in [0.15, 0.2) is 22.7 Å². The van der Waals surface area contributed by atoms with Crippen LogP contribution in [0.5, 0.6) is 0 Å². The monoisotopic (exact) mass is 320 g/mol. The molecule has 0 spiro atoms. The van der Waals surface area contributed by atoms with Crippen molar-refractivity contribution in [3.63, 3.8) is 0 Å². The molecule has 1 aromatic carbocycles. The van der Waals surface area contributed by atoms with Gasteiger partial charge in [0.25, 0.3) is 5.69 Å². The van der Waals surface area contributed by atoms with E-state index in [9.17, 15) is 14.3 Å². The van der Waals surface area contributed by atoms with E-state index in [1.54, 1.807) is 6.07 Å². The molecule has 1 aromatic rings. The minimum atomic E-state index is -1.07. The lowest BCUT2D eigenvalue weighted by atomic mass is 10.2. The zero-order valence-corrected chi connectivity index (χ0v) is 11.7. The Morgan fingerprint density at radius 1 is 1.59 bits per heavy atom. The number of benzene rings is 1. The maximum absolute atomic E-state index is 11.8. The topological polar surface area (TPSA) is 86.2 Å². The third kappa shape index (κ3) is 3.86. The van der Waals surface area contributed by atoms with Crippen molar-refractivity contribution in [2.24, 2.45) is 5.73 Å². The second-order valence-electron chi connectivity index (χ2n) is 3.60. The molecule has 0 fully saturated rings. The average molecular weight is 321 g/mol. The molecule has 0 aromatic heterocycles. The minimum Gasteiger partial charge on any atom is -0.329 e. The highest BCUT2D eigenvalue weighted by Crippen LogP contribution is 2.24. The maximum Gasteiger partial charge on any atom is 0.270 e. The zero-order chi connectivity index (χ0) is 13.0. The van der Waals surface area contributed by atoms with Crippen molar-refractivity contribution in [3.8, 4) is 0 Å². The molecule has 7 heteroatoms. The number of hydrogen-bond donors (Lipinski definition) is 1. The van der Waals surface area contributed by atoms with Crippen molar-refractivity contribution in [1.29, 1.82) is 0 Å². The SMILES string of the molecule is CC(CN)S(=O)Cc1ccc([N+](=O)[O-])cc1Br. The van der Waals surface area contributed by atoms with Crippen LogP contribution in [-0.4, -0.2) is 20.9 Å². The highest BCUT2D eigenvalue weighted by molar-refractivity contribution is 9.10. The number of nitro benzene ring substituents is 1. The Bertz CT molecular complexity index is 453. The molecule has 0 aliphatic rings. The molecule has 0 amide bonds. The lowest BCUT2D eigenvalue weighted by molar-refractivity contribution is -0.384. The predicted octanol–water partition coefficient (Wildman–Crippen LogP) is 1.95. The summed E-state index contributed by atoms with van der Waals surface area (Å²) in [6, 6.07) is 4.44. The molecule has 2 unspecified atom stereocenters. The molecule has 94 valence electrons. The predicted molar refractivity (Wildman–Crippen MR) is 71.2 cm³/mol. The molecule has 2 atom stereocenters. The first kappa shape index (κ1) is 14.3.